The second-order valence-electron chi connectivity index (χ2n) is 6.88. The summed E-state index contributed by atoms with van der Waals surface area (Å²) in [5.74, 6) is -0.180. The topological polar surface area (TPSA) is 94.6 Å². The Kier molecular flexibility index (Phi) is 5.71. The zero-order chi connectivity index (χ0) is 18.5. The summed E-state index contributed by atoms with van der Waals surface area (Å²) in [5, 5.41) is 8.80. The first-order valence-corrected chi connectivity index (χ1v) is 9.14. The fraction of sp³-hybridized carbons (Fsp3) is 0.579. The molecule has 2 aliphatic rings. The van der Waals surface area contributed by atoms with Crippen LogP contribution in [0.15, 0.2) is 22.8 Å². The largest absolute Gasteiger partial charge is 0.467 e. The molecular weight excluding hydrogens is 334 g/mol. The SMILES string of the molecule is N#CCCN(Cc1ccco1)C(=O)CCN1C(=O)C2CCCCC2C1=O. The third-order valence-electron chi connectivity index (χ3n) is 5.25. The number of nitrogens with zero attached hydrogens (tertiary/aromatic N) is 3. The number of rotatable bonds is 7. The summed E-state index contributed by atoms with van der Waals surface area (Å²) in [6.45, 7) is 0.689. The molecule has 2 heterocycles. The van der Waals surface area contributed by atoms with Gasteiger partial charge in [0, 0.05) is 19.5 Å². The van der Waals surface area contributed by atoms with Gasteiger partial charge in [-0.2, -0.15) is 5.26 Å². The first kappa shape index (κ1) is 18.2. The number of furan rings is 1. The predicted molar refractivity (Wildman–Crippen MR) is 91.1 cm³/mol. The van der Waals surface area contributed by atoms with Crippen LogP contribution in [0.3, 0.4) is 0 Å². The standard InChI is InChI=1S/C19H23N3O4/c20-9-4-10-21(13-14-5-3-12-26-14)17(23)8-11-22-18(24)15-6-1-2-7-16(15)19(22)25/h3,5,12,15-16H,1-2,4,6-8,10-11,13H2. The van der Waals surface area contributed by atoms with Crippen LogP contribution in [0.4, 0.5) is 0 Å². The minimum Gasteiger partial charge on any atom is -0.467 e. The van der Waals surface area contributed by atoms with Crippen molar-refractivity contribution < 1.29 is 18.8 Å². The van der Waals surface area contributed by atoms with Crippen molar-refractivity contribution in [2.45, 2.75) is 45.1 Å². The van der Waals surface area contributed by atoms with Crippen LogP contribution >= 0.6 is 0 Å². The molecule has 1 saturated carbocycles. The summed E-state index contributed by atoms with van der Waals surface area (Å²) in [6, 6.07) is 5.54. The van der Waals surface area contributed by atoms with Gasteiger partial charge in [-0.3, -0.25) is 19.3 Å². The number of likely N-dealkylation sites (tertiary alicyclic amines) is 1. The molecule has 2 unspecified atom stereocenters. The molecule has 7 heteroatoms. The highest BCUT2D eigenvalue weighted by Crippen LogP contribution is 2.38. The van der Waals surface area contributed by atoms with E-state index in [4.69, 9.17) is 9.68 Å². The molecular formula is C19H23N3O4. The molecule has 2 atom stereocenters. The molecule has 0 spiro atoms. The summed E-state index contributed by atoms with van der Waals surface area (Å²) >= 11 is 0. The highest BCUT2D eigenvalue weighted by Gasteiger charge is 2.47. The Labute approximate surface area is 152 Å². The Morgan fingerprint density at radius 1 is 1.27 bits per heavy atom. The van der Waals surface area contributed by atoms with Crippen LogP contribution in [0.25, 0.3) is 0 Å². The lowest BCUT2D eigenvalue weighted by Gasteiger charge is -2.22. The van der Waals surface area contributed by atoms with Gasteiger partial charge in [0.1, 0.15) is 5.76 Å². The van der Waals surface area contributed by atoms with E-state index < -0.39 is 0 Å². The smallest absolute Gasteiger partial charge is 0.233 e. The monoisotopic (exact) mass is 357 g/mol. The fourth-order valence-electron chi connectivity index (χ4n) is 3.88. The van der Waals surface area contributed by atoms with E-state index in [9.17, 15) is 14.4 Å². The van der Waals surface area contributed by atoms with Gasteiger partial charge in [0.2, 0.25) is 17.7 Å². The van der Waals surface area contributed by atoms with Gasteiger partial charge in [-0.25, -0.2) is 0 Å². The maximum Gasteiger partial charge on any atom is 0.233 e. The summed E-state index contributed by atoms with van der Waals surface area (Å²) in [6.07, 6.45) is 5.34. The molecule has 1 aliphatic carbocycles. The third-order valence-corrected chi connectivity index (χ3v) is 5.25. The number of fused-ring (bicyclic) bond motifs is 1. The molecule has 0 radical (unpaired) electrons. The predicted octanol–water partition coefficient (Wildman–Crippen LogP) is 2.09. The van der Waals surface area contributed by atoms with E-state index in [2.05, 4.69) is 0 Å². The molecule has 7 nitrogen and oxygen atoms in total. The molecule has 1 aromatic heterocycles. The lowest BCUT2D eigenvalue weighted by atomic mass is 9.81. The molecule has 3 rings (SSSR count). The van der Waals surface area contributed by atoms with Gasteiger partial charge in [-0.1, -0.05) is 12.8 Å². The molecule has 26 heavy (non-hydrogen) atoms. The molecule has 0 aromatic carbocycles. The van der Waals surface area contributed by atoms with E-state index in [0.29, 0.717) is 12.3 Å². The summed E-state index contributed by atoms with van der Waals surface area (Å²) in [7, 11) is 0. The van der Waals surface area contributed by atoms with Crippen molar-refractivity contribution in [1.82, 2.24) is 9.80 Å². The molecule has 2 fully saturated rings. The first-order chi connectivity index (χ1) is 12.6. The third kappa shape index (κ3) is 3.79. The van der Waals surface area contributed by atoms with Gasteiger partial charge in [-0.05, 0) is 25.0 Å². The maximum atomic E-state index is 12.6. The average Bonchev–Trinajstić information content (AvgIpc) is 3.25. The van der Waals surface area contributed by atoms with E-state index in [1.54, 1.807) is 17.0 Å². The second kappa shape index (κ2) is 8.17. The number of imide groups is 1. The van der Waals surface area contributed by atoms with Crippen molar-refractivity contribution in [3.05, 3.63) is 24.2 Å². The van der Waals surface area contributed by atoms with Crippen molar-refractivity contribution in [3.8, 4) is 6.07 Å². The van der Waals surface area contributed by atoms with Crippen LogP contribution in [0.2, 0.25) is 0 Å². The highest BCUT2D eigenvalue weighted by molar-refractivity contribution is 6.05. The molecule has 0 N–H and O–H groups in total. The quantitative estimate of drug-likeness (QED) is 0.696. The van der Waals surface area contributed by atoms with Crippen molar-refractivity contribution in [3.63, 3.8) is 0 Å². The Hall–Kier alpha value is -2.62. The summed E-state index contributed by atoms with van der Waals surface area (Å²) < 4.78 is 5.27. The van der Waals surface area contributed by atoms with Crippen molar-refractivity contribution in [1.29, 1.82) is 5.26 Å². The maximum absolute atomic E-state index is 12.6. The van der Waals surface area contributed by atoms with Crippen LogP contribution in [0.5, 0.6) is 0 Å². The second-order valence-corrected chi connectivity index (χ2v) is 6.88. The normalized spacial score (nSPS) is 22.2. The highest BCUT2D eigenvalue weighted by atomic mass is 16.3. The van der Waals surface area contributed by atoms with Crippen molar-refractivity contribution in [2.24, 2.45) is 11.8 Å². The van der Waals surface area contributed by atoms with Crippen LogP contribution in [-0.2, 0) is 20.9 Å². The first-order valence-electron chi connectivity index (χ1n) is 9.14. The van der Waals surface area contributed by atoms with E-state index >= 15 is 0 Å². The number of hydrogen-bond acceptors (Lipinski definition) is 5. The van der Waals surface area contributed by atoms with Gasteiger partial charge >= 0.3 is 0 Å². The van der Waals surface area contributed by atoms with Gasteiger partial charge in [0.05, 0.1) is 37.1 Å². The van der Waals surface area contributed by atoms with Crippen LogP contribution in [0.1, 0.15) is 44.3 Å². The van der Waals surface area contributed by atoms with Crippen LogP contribution in [-0.4, -0.2) is 40.6 Å². The zero-order valence-electron chi connectivity index (χ0n) is 14.7. The lowest BCUT2D eigenvalue weighted by Crippen LogP contribution is -2.37. The van der Waals surface area contributed by atoms with E-state index in [0.717, 1.165) is 25.7 Å². The Bertz CT molecular complexity index is 683. The average molecular weight is 357 g/mol. The van der Waals surface area contributed by atoms with Crippen LogP contribution < -0.4 is 0 Å². The molecule has 1 aliphatic heterocycles. The number of carbonyl (C=O) groups excluding carboxylic acids is 3. The number of amides is 3. The molecule has 0 bridgehead atoms. The van der Waals surface area contributed by atoms with Gasteiger partial charge < -0.3 is 9.32 Å². The zero-order valence-corrected chi connectivity index (χ0v) is 14.7. The Morgan fingerprint density at radius 2 is 1.96 bits per heavy atom. The van der Waals surface area contributed by atoms with Crippen LogP contribution in [0, 0.1) is 23.2 Å². The van der Waals surface area contributed by atoms with Gasteiger partial charge in [-0.15, -0.1) is 0 Å². The minimum absolute atomic E-state index is 0.0725. The number of carbonyl (C=O) groups is 3. The number of hydrogen-bond donors (Lipinski definition) is 0. The van der Waals surface area contributed by atoms with E-state index in [1.165, 1.54) is 11.2 Å². The molecule has 1 saturated heterocycles. The summed E-state index contributed by atoms with van der Waals surface area (Å²) in [4.78, 5) is 40.4. The Morgan fingerprint density at radius 3 is 2.54 bits per heavy atom. The van der Waals surface area contributed by atoms with Crippen molar-refractivity contribution >= 4 is 17.7 Å². The lowest BCUT2D eigenvalue weighted by molar-refractivity contribution is -0.141. The van der Waals surface area contributed by atoms with E-state index in [1.807, 2.05) is 6.07 Å². The summed E-state index contributed by atoms with van der Waals surface area (Å²) in [5.41, 5.74) is 0. The van der Waals surface area contributed by atoms with Gasteiger partial charge in [0.25, 0.3) is 0 Å². The molecule has 138 valence electrons. The number of nitriles is 1. The fourth-order valence-corrected chi connectivity index (χ4v) is 3.88. The molecule has 1 aromatic rings. The van der Waals surface area contributed by atoms with E-state index in [-0.39, 0.29) is 55.5 Å². The minimum atomic E-state index is -0.191. The molecule has 3 amide bonds. The Balaban J connectivity index is 1.59. The van der Waals surface area contributed by atoms with Crippen molar-refractivity contribution in [2.75, 3.05) is 13.1 Å². The van der Waals surface area contributed by atoms with Gasteiger partial charge in [0.15, 0.2) is 0 Å².